The molecule has 1 aliphatic carbocycles. The summed E-state index contributed by atoms with van der Waals surface area (Å²) in [5.74, 6) is 0. The third-order valence-electron chi connectivity index (χ3n) is 3.76. The minimum absolute atomic E-state index is 0.0555. The molecule has 3 rings (SSSR count). The summed E-state index contributed by atoms with van der Waals surface area (Å²) in [4.78, 5) is 0. The summed E-state index contributed by atoms with van der Waals surface area (Å²) in [7, 11) is 1.16. The largest absolute Gasteiger partial charge is 0.450 e. The quantitative estimate of drug-likeness (QED) is 0.732. The van der Waals surface area contributed by atoms with Gasteiger partial charge in [-0.15, -0.1) is 0 Å². The molecule has 2 aromatic rings. The Labute approximate surface area is 102 Å². The van der Waals surface area contributed by atoms with Gasteiger partial charge in [0, 0.05) is 5.41 Å². The molecule has 83 valence electrons. The molecule has 1 radical (unpaired) electrons. The maximum absolute atomic E-state index is 9.12. The first-order chi connectivity index (χ1) is 8.14. The summed E-state index contributed by atoms with van der Waals surface area (Å²) in [5.41, 5.74) is 6.15. The summed E-state index contributed by atoms with van der Waals surface area (Å²) in [6, 6.07) is 14.7. The molecule has 0 saturated heterocycles. The van der Waals surface area contributed by atoms with Gasteiger partial charge in [0.25, 0.3) is 0 Å². The van der Waals surface area contributed by atoms with Gasteiger partial charge in [-0.1, -0.05) is 61.8 Å². The van der Waals surface area contributed by atoms with Gasteiger partial charge in [0.2, 0.25) is 0 Å². The van der Waals surface area contributed by atoms with Gasteiger partial charge >= 0.3 is 7.48 Å². The first-order valence-corrected chi connectivity index (χ1v) is 5.86. The van der Waals surface area contributed by atoms with E-state index in [0.29, 0.717) is 0 Å². The lowest BCUT2D eigenvalue weighted by Crippen LogP contribution is -2.17. The van der Waals surface area contributed by atoms with E-state index in [1.165, 1.54) is 22.3 Å². The lowest BCUT2D eigenvalue weighted by atomic mass is 9.80. The van der Waals surface area contributed by atoms with Crippen molar-refractivity contribution in [2.24, 2.45) is 0 Å². The van der Waals surface area contributed by atoms with Crippen molar-refractivity contribution in [1.82, 2.24) is 0 Å². The molecular weight excluding hydrogens is 207 g/mol. The van der Waals surface area contributed by atoms with E-state index in [1.54, 1.807) is 0 Å². The van der Waals surface area contributed by atoms with Crippen molar-refractivity contribution >= 4 is 12.9 Å². The van der Waals surface area contributed by atoms with E-state index in [4.69, 9.17) is 5.02 Å². The van der Waals surface area contributed by atoms with Crippen molar-refractivity contribution in [2.45, 2.75) is 19.3 Å². The van der Waals surface area contributed by atoms with Crippen LogP contribution in [-0.2, 0) is 5.41 Å². The van der Waals surface area contributed by atoms with Gasteiger partial charge in [-0.25, -0.2) is 0 Å². The van der Waals surface area contributed by atoms with Gasteiger partial charge in [0.15, 0.2) is 0 Å². The molecule has 1 aliphatic rings. The molecule has 0 heterocycles. The Kier molecular flexibility index (Phi) is 2.17. The Morgan fingerprint density at radius 1 is 0.941 bits per heavy atom. The summed E-state index contributed by atoms with van der Waals surface area (Å²) < 4.78 is 0. The van der Waals surface area contributed by atoms with Crippen LogP contribution >= 0.6 is 0 Å². The molecule has 0 atom stereocenters. The fraction of sp³-hybridized carbons (Fsp3) is 0.200. The van der Waals surface area contributed by atoms with E-state index < -0.39 is 0 Å². The number of rotatable bonds is 1. The Morgan fingerprint density at radius 3 is 2.41 bits per heavy atom. The second kappa shape index (κ2) is 3.48. The van der Waals surface area contributed by atoms with Crippen LogP contribution in [0.3, 0.4) is 0 Å². The van der Waals surface area contributed by atoms with Crippen LogP contribution in [0, 0.1) is 0 Å². The lowest BCUT2D eigenvalue weighted by Gasteiger charge is -2.21. The summed E-state index contributed by atoms with van der Waals surface area (Å²) in [5, 5.41) is 9.12. The number of fused-ring (bicyclic) bond motifs is 3. The first-order valence-electron chi connectivity index (χ1n) is 5.86. The van der Waals surface area contributed by atoms with Crippen LogP contribution < -0.4 is 5.46 Å². The van der Waals surface area contributed by atoms with Crippen LogP contribution in [-0.4, -0.2) is 12.5 Å². The molecule has 0 unspecified atom stereocenters. The number of hydrogen-bond donors (Lipinski definition) is 1. The van der Waals surface area contributed by atoms with Crippen molar-refractivity contribution in [3.05, 3.63) is 53.6 Å². The second-order valence-corrected chi connectivity index (χ2v) is 5.10. The SMILES string of the molecule is CC1(C)c2ccccc2-c2cc([B]O)ccc21. The number of benzene rings is 2. The minimum Gasteiger partial charge on any atom is -0.450 e. The van der Waals surface area contributed by atoms with Crippen LogP contribution in [0.4, 0.5) is 0 Å². The van der Waals surface area contributed by atoms with E-state index in [1.807, 2.05) is 6.07 Å². The van der Waals surface area contributed by atoms with E-state index in [-0.39, 0.29) is 5.41 Å². The van der Waals surface area contributed by atoms with Crippen molar-refractivity contribution < 1.29 is 5.02 Å². The maximum atomic E-state index is 9.12. The van der Waals surface area contributed by atoms with Crippen LogP contribution in [0.5, 0.6) is 0 Å². The van der Waals surface area contributed by atoms with Crippen molar-refractivity contribution in [3.63, 3.8) is 0 Å². The van der Waals surface area contributed by atoms with Crippen LogP contribution in [0.1, 0.15) is 25.0 Å². The third kappa shape index (κ3) is 1.37. The molecule has 17 heavy (non-hydrogen) atoms. The van der Waals surface area contributed by atoms with E-state index >= 15 is 0 Å². The first kappa shape index (κ1) is 10.6. The zero-order valence-corrected chi connectivity index (χ0v) is 10.1. The van der Waals surface area contributed by atoms with Crippen LogP contribution in [0.15, 0.2) is 42.5 Å². The van der Waals surface area contributed by atoms with Crippen LogP contribution in [0.25, 0.3) is 11.1 Å². The highest BCUT2D eigenvalue weighted by molar-refractivity contribution is 6.45. The molecule has 0 saturated carbocycles. The minimum atomic E-state index is 0.0555. The molecule has 0 aliphatic heterocycles. The molecule has 2 aromatic carbocycles. The van der Waals surface area contributed by atoms with Gasteiger partial charge in [-0.3, -0.25) is 0 Å². The van der Waals surface area contributed by atoms with Gasteiger partial charge in [-0.05, 0) is 22.3 Å². The fourth-order valence-corrected chi connectivity index (χ4v) is 2.82. The van der Waals surface area contributed by atoms with Crippen LogP contribution in [0.2, 0.25) is 0 Å². The summed E-state index contributed by atoms with van der Waals surface area (Å²) in [6.07, 6.45) is 0. The Hall–Kier alpha value is -1.54. The van der Waals surface area contributed by atoms with E-state index in [2.05, 4.69) is 50.2 Å². The zero-order chi connectivity index (χ0) is 12.0. The molecule has 0 amide bonds. The Bertz CT molecular complexity index is 587. The van der Waals surface area contributed by atoms with Crippen molar-refractivity contribution in [2.75, 3.05) is 0 Å². The lowest BCUT2D eigenvalue weighted by molar-refractivity contribution is 0.615. The second-order valence-electron chi connectivity index (χ2n) is 5.10. The standard InChI is InChI=1S/C15H14BO/c1-15(2)13-6-4-3-5-11(13)12-9-10(16-17)7-8-14(12)15/h3-9,17H,1-2H3. The topological polar surface area (TPSA) is 20.2 Å². The highest BCUT2D eigenvalue weighted by atomic mass is 16.2. The van der Waals surface area contributed by atoms with Gasteiger partial charge < -0.3 is 5.02 Å². The van der Waals surface area contributed by atoms with E-state index in [0.717, 1.165) is 12.9 Å². The number of hydrogen-bond acceptors (Lipinski definition) is 1. The van der Waals surface area contributed by atoms with Gasteiger partial charge in [-0.2, -0.15) is 0 Å². The molecule has 0 fully saturated rings. The predicted octanol–water partition coefficient (Wildman–Crippen LogP) is 2.23. The van der Waals surface area contributed by atoms with E-state index in [9.17, 15) is 0 Å². The predicted molar refractivity (Wildman–Crippen MR) is 71.6 cm³/mol. The van der Waals surface area contributed by atoms with Gasteiger partial charge in [0.05, 0.1) is 0 Å². The highest BCUT2D eigenvalue weighted by Gasteiger charge is 2.34. The molecule has 1 N–H and O–H groups in total. The molecule has 1 nitrogen and oxygen atoms in total. The molecule has 0 aromatic heterocycles. The van der Waals surface area contributed by atoms with Crippen molar-refractivity contribution in [3.8, 4) is 11.1 Å². The normalized spacial score (nSPS) is 15.2. The smallest absolute Gasteiger partial charge is 0.326 e. The third-order valence-corrected chi connectivity index (χ3v) is 3.76. The fourth-order valence-electron chi connectivity index (χ4n) is 2.82. The van der Waals surface area contributed by atoms with Gasteiger partial charge in [0.1, 0.15) is 0 Å². The average molecular weight is 221 g/mol. The Balaban J connectivity index is 2.33. The average Bonchev–Trinajstić information content (AvgIpc) is 2.59. The van der Waals surface area contributed by atoms with Crippen molar-refractivity contribution in [1.29, 1.82) is 0 Å². The maximum Gasteiger partial charge on any atom is 0.326 e. The summed E-state index contributed by atoms with van der Waals surface area (Å²) >= 11 is 0. The molecule has 0 spiro atoms. The Morgan fingerprint density at radius 2 is 1.65 bits per heavy atom. The molecule has 2 heteroatoms. The highest BCUT2D eigenvalue weighted by Crippen LogP contribution is 2.47. The molecule has 0 bridgehead atoms. The summed E-state index contributed by atoms with van der Waals surface area (Å²) in [6.45, 7) is 4.50. The molecular formula is C15H14BO. The monoisotopic (exact) mass is 221 g/mol. The zero-order valence-electron chi connectivity index (χ0n) is 10.1.